The summed E-state index contributed by atoms with van der Waals surface area (Å²) in [6.45, 7) is 2.87. The minimum absolute atomic E-state index is 0.0312. The molecular formula is C6H12F2. The molecule has 0 saturated carbocycles. The minimum Gasteiger partial charge on any atom is -0.207 e. The summed E-state index contributed by atoms with van der Waals surface area (Å²) in [4.78, 5) is 0. The van der Waals surface area contributed by atoms with Crippen molar-refractivity contribution in [1.82, 2.24) is 0 Å². The molecule has 0 amide bonds. The molecule has 0 aliphatic heterocycles. The first-order valence-electron chi connectivity index (χ1n) is 2.94. The maximum atomic E-state index is 11.9. The second kappa shape index (κ2) is 3.00. The molecule has 0 aromatic rings. The first-order chi connectivity index (χ1) is 3.56. The number of halogens is 2. The van der Waals surface area contributed by atoms with Crippen LogP contribution in [-0.4, -0.2) is 5.92 Å². The predicted octanol–water partition coefficient (Wildman–Crippen LogP) is 2.83. The van der Waals surface area contributed by atoms with Crippen LogP contribution in [0.2, 0.25) is 0 Å². The van der Waals surface area contributed by atoms with Gasteiger partial charge in [-0.2, -0.15) is 0 Å². The quantitative estimate of drug-likeness (QED) is 0.540. The fraction of sp³-hybridized carbons (Fsp3) is 1.00. The van der Waals surface area contributed by atoms with Gasteiger partial charge in [-0.1, -0.05) is 13.3 Å². The third-order valence-electron chi connectivity index (χ3n) is 0.969. The van der Waals surface area contributed by atoms with E-state index in [1.54, 1.807) is 0 Å². The van der Waals surface area contributed by atoms with E-state index in [0.29, 0.717) is 6.42 Å². The Bertz CT molecular complexity index is 54.0. The van der Waals surface area contributed by atoms with Gasteiger partial charge in [-0.3, -0.25) is 0 Å². The van der Waals surface area contributed by atoms with Crippen molar-refractivity contribution in [1.29, 1.82) is 0 Å². The minimum atomic E-state index is -2.45. The van der Waals surface area contributed by atoms with E-state index in [2.05, 4.69) is 0 Å². The van der Waals surface area contributed by atoms with Crippen LogP contribution in [0.15, 0.2) is 0 Å². The van der Waals surface area contributed by atoms with Crippen LogP contribution >= 0.6 is 0 Å². The second-order valence-electron chi connectivity index (χ2n) is 2.17. The molecule has 0 heterocycles. The summed E-state index contributed by atoms with van der Waals surface area (Å²) < 4.78 is 23.8. The highest BCUT2D eigenvalue weighted by Crippen LogP contribution is 2.18. The van der Waals surface area contributed by atoms with Gasteiger partial charge in [-0.15, -0.1) is 0 Å². The molecule has 0 radical (unpaired) electrons. The first-order valence-corrected chi connectivity index (χ1v) is 2.94. The van der Waals surface area contributed by atoms with Crippen molar-refractivity contribution in [2.45, 2.75) is 39.0 Å². The van der Waals surface area contributed by atoms with Crippen LogP contribution in [0.5, 0.6) is 0 Å². The number of alkyl halides is 2. The zero-order chi connectivity index (χ0) is 6.62. The number of hydrogen-bond donors (Lipinski definition) is 0. The molecule has 0 N–H and O–H groups in total. The van der Waals surface area contributed by atoms with Crippen molar-refractivity contribution in [2.24, 2.45) is 0 Å². The average molecular weight is 122 g/mol. The lowest BCUT2D eigenvalue weighted by Crippen LogP contribution is -2.07. The highest BCUT2D eigenvalue weighted by Gasteiger charge is 2.18. The van der Waals surface area contributed by atoms with Crippen LogP contribution in [0.1, 0.15) is 33.1 Å². The SMILES string of the molecule is CCCCC(C)(F)F. The highest BCUT2D eigenvalue weighted by molar-refractivity contribution is 4.55. The smallest absolute Gasteiger partial charge is 0.207 e. The van der Waals surface area contributed by atoms with Gasteiger partial charge in [0.2, 0.25) is 5.92 Å². The Morgan fingerprint density at radius 3 is 2.00 bits per heavy atom. The summed E-state index contributed by atoms with van der Waals surface area (Å²) in [6.07, 6.45) is 1.51. The molecule has 0 aliphatic rings. The van der Waals surface area contributed by atoms with Crippen LogP contribution in [0.3, 0.4) is 0 Å². The van der Waals surface area contributed by atoms with Crippen molar-refractivity contribution in [2.75, 3.05) is 0 Å². The van der Waals surface area contributed by atoms with Crippen LogP contribution < -0.4 is 0 Å². The van der Waals surface area contributed by atoms with Gasteiger partial charge < -0.3 is 0 Å². The Balaban J connectivity index is 3.11. The van der Waals surface area contributed by atoms with Crippen molar-refractivity contribution in [3.8, 4) is 0 Å². The van der Waals surface area contributed by atoms with Gasteiger partial charge in [-0.05, 0) is 13.3 Å². The summed E-state index contributed by atoms with van der Waals surface area (Å²) >= 11 is 0. The normalized spacial score (nSPS) is 12.0. The molecule has 0 aliphatic carbocycles. The fourth-order valence-electron chi connectivity index (χ4n) is 0.487. The molecule has 0 unspecified atom stereocenters. The molecule has 50 valence electrons. The maximum Gasteiger partial charge on any atom is 0.245 e. The third kappa shape index (κ3) is 5.86. The van der Waals surface area contributed by atoms with E-state index in [0.717, 1.165) is 13.3 Å². The summed E-state index contributed by atoms with van der Waals surface area (Å²) in [6, 6.07) is 0. The van der Waals surface area contributed by atoms with Crippen molar-refractivity contribution in [3.63, 3.8) is 0 Å². The Morgan fingerprint density at radius 2 is 1.88 bits per heavy atom. The molecule has 0 nitrogen and oxygen atoms in total. The number of unbranched alkanes of at least 4 members (excludes halogenated alkanes) is 1. The van der Waals surface area contributed by atoms with E-state index in [1.807, 2.05) is 6.92 Å². The van der Waals surface area contributed by atoms with Crippen molar-refractivity contribution < 1.29 is 8.78 Å². The van der Waals surface area contributed by atoms with E-state index in [-0.39, 0.29) is 6.42 Å². The third-order valence-corrected chi connectivity index (χ3v) is 0.969. The zero-order valence-electron chi connectivity index (χ0n) is 5.38. The molecule has 0 atom stereocenters. The first kappa shape index (κ1) is 7.86. The predicted molar refractivity (Wildman–Crippen MR) is 30.1 cm³/mol. The summed E-state index contributed by atoms with van der Waals surface area (Å²) in [5.41, 5.74) is 0. The monoisotopic (exact) mass is 122 g/mol. The lowest BCUT2D eigenvalue weighted by molar-refractivity contribution is 0.0108. The Morgan fingerprint density at radius 1 is 1.38 bits per heavy atom. The average Bonchev–Trinajstić information content (AvgIpc) is 1.59. The molecule has 2 heteroatoms. The van der Waals surface area contributed by atoms with Crippen molar-refractivity contribution >= 4 is 0 Å². The van der Waals surface area contributed by atoms with E-state index >= 15 is 0 Å². The maximum absolute atomic E-state index is 11.9. The molecule has 0 saturated heterocycles. The Hall–Kier alpha value is -0.140. The highest BCUT2D eigenvalue weighted by atomic mass is 19.3. The largest absolute Gasteiger partial charge is 0.245 e. The van der Waals surface area contributed by atoms with Crippen molar-refractivity contribution in [3.05, 3.63) is 0 Å². The van der Waals surface area contributed by atoms with Crippen LogP contribution in [0.4, 0.5) is 8.78 Å². The van der Waals surface area contributed by atoms with Gasteiger partial charge in [0, 0.05) is 6.42 Å². The Kier molecular flexibility index (Phi) is 2.95. The van der Waals surface area contributed by atoms with E-state index in [4.69, 9.17) is 0 Å². The van der Waals surface area contributed by atoms with E-state index < -0.39 is 5.92 Å². The van der Waals surface area contributed by atoms with Crippen LogP contribution in [-0.2, 0) is 0 Å². The fourth-order valence-corrected chi connectivity index (χ4v) is 0.487. The molecular weight excluding hydrogens is 110 g/mol. The standard InChI is InChI=1S/C6H12F2/c1-3-4-5-6(2,7)8/h3-5H2,1-2H3. The van der Waals surface area contributed by atoms with Crippen LogP contribution in [0, 0.1) is 0 Å². The summed E-state index contributed by atoms with van der Waals surface area (Å²) in [5.74, 6) is -2.45. The molecule has 0 aromatic carbocycles. The van der Waals surface area contributed by atoms with Gasteiger partial charge in [-0.25, -0.2) is 8.78 Å². The lowest BCUT2D eigenvalue weighted by Gasteiger charge is -2.06. The summed E-state index contributed by atoms with van der Waals surface area (Å²) in [7, 11) is 0. The molecule has 0 spiro atoms. The Labute approximate surface area is 48.9 Å². The molecule has 8 heavy (non-hydrogen) atoms. The second-order valence-corrected chi connectivity index (χ2v) is 2.17. The number of rotatable bonds is 3. The molecule has 0 aromatic heterocycles. The van der Waals surface area contributed by atoms with Gasteiger partial charge >= 0.3 is 0 Å². The van der Waals surface area contributed by atoms with Gasteiger partial charge in [0.1, 0.15) is 0 Å². The lowest BCUT2D eigenvalue weighted by atomic mass is 10.2. The number of hydrogen-bond acceptors (Lipinski definition) is 0. The van der Waals surface area contributed by atoms with Gasteiger partial charge in [0.15, 0.2) is 0 Å². The molecule has 0 bridgehead atoms. The van der Waals surface area contributed by atoms with E-state index in [1.165, 1.54) is 0 Å². The summed E-state index contributed by atoms with van der Waals surface area (Å²) in [5, 5.41) is 0. The topological polar surface area (TPSA) is 0 Å². The zero-order valence-corrected chi connectivity index (χ0v) is 5.38. The molecule has 0 fully saturated rings. The van der Waals surface area contributed by atoms with Crippen LogP contribution in [0.25, 0.3) is 0 Å². The molecule has 0 rings (SSSR count). The van der Waals surface area contributed by atoms with E-state index in [9.17, 15) is 8.78 Å². The van der Waals surface area contributed by atoms with Gasteiger partial charge in [0.25, 0.3) is 0 Å². The van der Waals surface area contributed by atoms with Gasteiger partial charge in [0.05, 0.1) is 0 Å².